The van der Waals surface area contributed by atoms with Crippen LogP contribution in [0.4, 0.5) is 0 Å². The maximum Gasteiger partial charge on any atom is 0.228 e. The van der Waals surface area contributed by atoms with E-state index in [1.807, 2.05) is 28.8 Å². The maximum absolute atomic E-state index is 12.8. The van der Waals surface area contributed by atoms with Crippen molar-refractivity contribution in [3.63, 3.8) is 0 Å². The highest BCUT2D eigenvalue weighted by molar-refractivity contribution is 5.85. The molecule has 23 heavy (non-hydrogen) atoms. The Hall–Kier alpha value is -1.66. The van der Waals surface area contributed by atoms with E-state index >= 15 is 0 Å². The van der Waals surface area contributed by atoms with Crippen molar-refractivity contribution in [2.45, 2.75) is 51.2 Å². The normalized spacial score (nSPS) is 28.7. The van der Waals surface area contributed by atoms with Crippen LogP contribution in [0.2, 0.25) is 0 Å². The molecule has 0 radical (unpaired) electrons. The van der Waals surface area contributed by atoms with E-state index in [9.17, 15) is 4.79 Å². The highest BCUT2D eigenvalue weighted by Crippen LogP contribution is 2.45. The lowest BCUT2D eigenvalue weighted by Crippen LogP contribution is -2.48. The van der Waals surface area contributed by atoms with Crippen LogP contribution < -0.4 is 10.6 Å². The number of rotatable bonds is 4. The second-order valence-corrected chi connectivity index (χ2v) is 6.44. The number of carbonyl (C=O) groups excluding carboxylic acids is 1. The molecule has 0 aliphatic carbocycles. The highest BCUT2D eigenvalue weighted by Gasteiger charge is 2.54. The van der Waals surface area contributed by atoms with Crippen molar-refractivity contribution in [3.8, 4) is 0 Å². The van der Waals surface area contributed by atoms with Crippen molar-refractivity contribution in [1.29, 1.82) is 0 Å². The van der Waals surface area contributed by atoms with E-state index < -0.39 is 0 Å². The first kappa shape index (κ1) is 16.2. The van der Waals surface area contributed by atoms with Crippen LogP contribution in [0.25, 0.3) is 5.65 Å². The van der Waals surface area contributed by atoms with Gasteiger partial charge in [-0.05, 0) is 37.8 Å². The third kappa shape index (κ3) is 2.50. The molecule has 2 aromatic heterocycles. The molecule has 2 aliphatic rings. The van der Waals surface area contributed by atoms with E-state index in [0.29, 0.717) is 18.6 Å². The van der Waals surface area contributed by atoms with Gasteiger partial charge in [0.15, 0.2) is 11.5 Å². The number of hydrogen-bond donors (Lipinski definition) is 2. The summed E-state index contributed by atoms with van der Waals surface area (Å²) in [6.07, 6.45) is 6.08. The Kier molecular flexibility index (Phi) is 4.29. The first-order valence-electron chi connectivity index (χ1n) is 8.06. The summed E-state index contributed by atoms with van der Waals surface area (Å²) in [5.74, 6) is 0.925. The molecule has 0 saturated carbocycles. The molecule has 2 aliphatic heterocycles. The summed E-state index contributed by atoms with van der Waals surface area (Å²) in [5.41, 5.74) is 0.558. The number of nitrogens with zero attached hydrogens (tertiary/aromatic N) is 3. The zero-order chi connectivity index (χ0) is 15.2. The van der Waals surface area contributed by atoms with Gasteiger partial charge in [-0.3, -0.25) is 9.20 Å². The van der Waals surface area contributed by atoms with Crippen LogP contribution in [-0.2, 0) is 11.3 Å². The van der Waals surface area contributed by atoms with Crippen LogP contribution >= 0.6 is 12.4 Å². The summed E-state index contributed by atoms with van der Waals surface area (Å²) in [4.78, 5) is 12.8. The van der Waals surface area contributed by atoms with Gasteiger partial charge in [-0.15, -0.1) is 22.6 Å². The van der Waals surface area contributed by atoms with E-state index in [1.165, 1.54) is 6.42 Å². The van der Waals surface area contributed by atoms with Crippen molar-refractivity contribution < 1.29 is 4.79 Å². The Morgan fingerprint density at radius 3 is 3.00 bits per heavy atom. The number of fused-ring (bicyclic) bond motifs is 3. The lowest BCUT2D eigenvalue weighted by atomic mass is 9.71. The molecule has 4 rings (SSSR count). The molecule has 3 atom stereocenters. The molecule has 2 aromatic rings. The second-order valence-electron chi connectivity index (χ2n) is 6.44. The topological polar surface area (TPSA) is 71.3 Å². The number of aromatic nitrogens is 3. The largest absolute Gasteiger partial charge is 0.348 e. The molecule has 2 fully saturated rings. The molecule has 7 heteroatoms. The van der Waals surface area contributed by atoms with Gasteiger partial charge < -0.3 is 10.6 Å². The minimum absolute atomic E-state index is 0. The van der Waals surface area contributed by atoms with Crippen molar-refractivity contribution >= 4 is 24.0 Å². The summed E-state index contributed by atoms with van der Waals surface area (Å²) in [7, 11) is 0. The van der Waals surface area contributed by atoms with Gasteiger partial charge >= 0.3 is 0 Å². The third-order valence-corrected chi connectivity index (χ3v) is 5.39. The summed E-state index contributed by atoms with van der Waals surface area (Å²) in [6, 6.07) is 6.63. The minimum atomic E-state index is -0.247. The summed E-state index contributed by atoms with van der Waals surface area (Å²) < 4.78 is 1.91. The Morgan fingerprint density at radius 1 is 1.43 bits per heavy atom. The monoisotopic (exact) mass is 335 g/mol. The fraction of sp³-hybridized carbons (Fsp3) is 0.562. The number of halogens is 1. The number of hydrogen-bond acceptors (Lipinski definition) is 4. The molecule has 124 valence electrons. The lowest BCUT2D eigenvalue weighted by Gasteiger charge is -2.34. The van der Waals surface area contributed by atoms with Gasteiger partial charge in [0, 0.05) is 18.3 Å². The molecule has 2 N–H and O–H groups in total. The van der Waals surface area contributed by atoms with E-state index in [2.05, 4.69) is 27.8 Å². The number of pyridine rings is 1. The molecule has 1 amide bonds. The molecular formula is C16H22ClN5O. The molecule has 0 aromatic carbocycles. The number of nitrogens with one attached hydrogen (secondary N) is 2. The first-order chi connectivity index (χ1) is 10.7. The summed E-state index contributed by atoms with van der Waals surface area (Å²) in [6.45, 7) is 2.54. The smallest absolute Gasteiger partial charge is 0.228 e. The van der Waals surface area contributed by atoms with Gasteiger partial charge in [-0.1, -0.05) is 13.0 Å². The van der Waals surface area contributed by atoms with Gasteiger partial charge in [0.1, 0.15) is 0 Å². The molecule has 2 saturated heterocycles. The van der Waals surface area contributed by atoms with Crippen LogP contribution in [-0.4, -0.2) is 32.6 Å². The van der Waals surface area contributed by atoms with Crippen molar-refractivity contribution in [2.75, 3.05) is 0 Å². The predicted molar refractivity (Wildman–Crippen MR) is 89.4 cm³/mol. The van der Waals surface area contributed by atoms with E-state index in [-0.39, 0.29) is 23.7 Å². The van der Waals surface area contributed by atoms with Crippen LogP contribution in [0.1, 0.15) is 38.4 Å². The zero-order valence-corrected chi connectivity index (χ0v) is 14.0. The minimum Gasteiger partial charge on any atom is -0.348 e. The van der Waals surface area contributed by atoms with Crippen LogP contribution in [0.3, 0.4) is 0 Å². The fourth-order valence-electron chi connectivity index (χ4n) is 4.15. The molecular weight excluding hydrogens is 314 g/mol. The average molecular weight is 336 g/mol. The second kappa shape index (κ2) is 6.09. The van der Waals surface area contributed by atoms with E-state index in [4.69, 9.17) is 0 Å². The standard InChI is InChI=1S/C16H21N5O.ClH/c1-2-16(9-11-6-7-12(16)18-11)15(22)17-10-14-20-19-13-5-3-4-8-21(13)14;/h3-5,8,11-12,18H,2,6-7,9-10H2,1H3,(H,17,22);1H/t11-,12+,16+;/m0./s1. The van der Waals surface area contributed by atoms with Crippen LogP contribution in [0.15, 0.2) is 24.4 Å². The zero-order valence-electron chi connectivity index (χ0n) is 13.2. The Morgan fingerprint density at radius 2 is 2.30 bits per heavy atom. The summed E-state index contributed by atoms with van der Waals surface area (Å²) >= 11 is 0. The quantitative estimate of drug-likeness (QED) is 0.892. The summed E-state index contributed by atoms with van der Waals surface area (Å²) in [5, 5.41) is 15.0. The highest BCUT2D eigenvalue weighted by atomic mass is 35.5. The van der Waals surface area contributed by atoms with Crippen molar-refractivity contribution in [2.24, 2.45) is 5.41 Å². The van der Waals surface area contributed by atoms with Crippen LogP contribution in [0.5, 0.6) is 0 Å². The van der Waals surface area contributed by atoms with Crippen molar-refractivity contribution in [3.05, 3.63) is 30.2 Å². The molecule has 0 spiro atoms. The van der Waals surface area contributed by atoms with Gasteiger partial charge in [-0.2, -0.15) is 0 Å². The van der Waals surface area contributed by atoms with E-state index in [0.717, 1.165) is 30.7 Å². The van der Waals surface area contributed by atoms with Crippen LogP contribution in [0, 0.1) is 5.41 Å². The lowest BCUT2D eigenvalue weighted by molar-refractivity contribution is -0.132. The van der Waals surface area contributed by atoms with Gasteiger partial charge in [0.25, 0.3) is 0 Å². The molecule has 6 nitrogen and oxygen atoms in total. The fourth-order valence-corrected chi connectivity index (χ4v) is 4.15. The van der Waals surface area contributed by atoms with Gasteiger partial charge in [0.2, 0.25) is 5.91 Å². The number of amides is 1. The molecule has 2 bridgehead atoms. The Labute approximate surface area is 141 Å². The van der Waals surface area contributed by atoms with Gasteiger partial charge in [-0.25, -0.2) is 0 Å². The average Bonchev–Trinajstić information content (AvgIpc) is 3.26. The Balaban J connectivity index is 0.00000156. The Bertz CT molecular complexity index is 717. The predicted octanol–water partition coefficient (Wildman–Crippen LogP) is 1.69. The molecule has 4 heterocycles. The van der Waals surface area contributed by atoms with Crippen molar-refractivity contribution in [1.82, 2.24) is 25.2 Å². The SMILES string of the molecule is CC[C@@]1(C(=O)NCc2nnc3ccccn23)C[C@@H]2CC[C@H]1N2.Cl. The van der Waals surface area contributed by atoms with Gasteiger partial charge in [0.05, 0.1) is 12.0 Å². The number of carbonyl (C=O) groups is 1. The van der Waals surface area contributed by atoms with E-state index in [1.54, 1.807) is 0 Å². The maximum atomic E-state index is 12.8. The third-order valence-electron chi connectivity index (χ3n) is 5.39. The first-order valence-corrected chi connectivity index (χ1v) is 8.06. The molecule has 0 unspecified atom stereocenters.